The van der Waals surface area contributed by atoms with Crippen LogP contribution in [-0.4, -0.2) is 39.4 Å². The zero-order chi connectivity index (χ0) is 11.5. The second-order valence-electron chi connectivity index (χ2n) is 3.44. The number of H-pyrrole nitrogens is 1. The number of carbonyl (C=O) groups excluding carboxylic acids is 1. The van der Waals surface area contributed by atoms with Gasteiger partial charge in [-0.05, 0) is 20.9 Å². The molecule has 0 spiro atoms. The van der Waals surface area contributed by atoms with Crippen molar-refractivity contribution in [2.45, 2.75) is 24.5 Å². The second kappa shape index (κ2) is 4.63. The Morgan fingerprint density at radius 3 is 2.80 bits per heavy atom. The van der Waals surface area contributed by atoms with Gasteiger partial charge in [-0.2, -0.15) is 0 Å². The van der Waals surface area contributed by atoms with Crippen LogP contribution in [0.25, 0.3) is 0 Å². The molecule has 1 aromatic heterocycles. The Labute approximate surface area is 92.4 Å². The van der Waals surface area contributed by atoms with E-state index in [0.717, 1.165) is 5.82 Å². The first kappa shape index (κ1) is 12.0. The van der Waals surface area contributed by atoms with Gasteiger partial charge in [-0.25, -0.2) is 4.98 Å². The molecule has 15 heavy (non-hydrogen) atoms. The maximum atomic E-state index is 11.2. The molecule has 1 atom stereocenters. The van der Waals surface area contributed by atoms with Gasteiger partial charge in [-0.3, -0.25) is 9.89 Å². The number of amides is 1. The van der Waals surface area contributed by atoms with Gasteiger partial charge in [0.2, 0.25) is 11.1 Å². The van der Waals surface area contributed by atoms with E-state index >= 15 is 0 Å². The highest BCUT2D eigenvalue weighted by atomic mass is 32.2. The average molecular weight is 229 g/mol. The third-order valence-electron chi connectivity index (χ3n) is 2.16. The lowest BCUT2D eigenvalue weighted by Gasteiger charge is -2.23. The molecule has 0 saturated carbocycles. The zero-order valence-electron chi connectivity index (χ0n) is 9.00. The second-order valence-corrected chi connectivity index (χ2v) is 4.38. The number of primary amides is 1. The van der Waals surface area contributed by atoms with Gasteiger partial charge >= 0.3 is 0 Å². The maximum absolute atomic E-state index is 11.2. The summed E-state index contributed by atoms with van der Waals surface area (Å²) in [5.41, 5.74) is 4.55. The minimum atomic E-state index is -0.737. The molecule has 1 heterocycles. The van der Waals surface area contributed by atoms with Crippen LogP contribution in [-0.2, 0) is 4.79 Å². The van der Waals surface area contributed by atoms with E-state index in [1.807, 2.05) is 6.92 Å². The topological polar surface area (TPSA) is 96.7 Å². The van der Waals surface area contributed by atoms with Gasteiger partial charge in [0.1, 0.15) is 11.4 Å². The van der Waals surface area contributed by atoms with Crippen LogP contribution >= 0.6 is 11.8 Å². The Bertz CT molecular complexity index is 353. The summed E-state index contributed by atoms with van der Waals surface area (Å²) in [6, 6.07) is 0. The van der Waals surface area contributed by atoms with E-state index in [2.05, 4.69) is 20.5 Å². The molecule has 0 radical (unpaired) electrons. The van der Waals surface area contributed by atoms with E-state index < -0.39 is 5.54 Å². The molecule has 0 fully saturated rings. The van der Waals surface area contributed by atoms with Crippen molar-refractivity contribution in [2.24, 2.45) is 5.73 Å². The van der Waals surface area contributed by atoms with Crippen LogP contribution in [0, 0.1) is 6.92 Å². The highest BCUT2D eigenvalue weighted by Gasteiger charge is 2.29. The minimum absolute atomic E-state index is 0.384. The molecule has 1 amide bonds. The van der Waals surface area contributed by atoms with Crippen LogP contribution in [0.4, 0.5) is 0 Å². The summed E-state index contributed by atoms with van der Waals surface area (Å²) >= 11 is 1.38. The highest BCUT2D eigenvalue weighted by Crippen LogP contribution is 2.18. The van der Waals surface area contributed by atoms with Gasteiger partial charge in [0.15, 0.2) is 0 Å². The first-order valence-electron chi connectivity index (χ1n) is 4.48. The molecular formula is C8H15N5OS. The maximum Gasteiger partial charge on any atom is 0.238 e. The SMILES string of the molecule is CNC(C)(CSc1n[nH]c(C)n1)C(N)=O. The number of nitrogens with zero attached hydrogens (tertiary/aromatic N) is 2. The van der Waals surface area contributed by atoms with Crippen LogP contribution in [0.3, 0.4) is 0 Å². The molecule has 0 saturated heterocycles. The number of likely N-dealkylation sites (N-methyl/N-ethyl adjacent to an activating group) is 1. The largest absolute Gasteiger partial charge is 0.368 e. The summed E-state index contributed by atoms with van der Waals surface area (Å²) < 4.78 is 0. The summed E-state index contributed by atoms with van der Waals surface area (Å²) in [6.45, 7) is 3.57. The first-order chi connectivity index (χ1) is 6.98. The van der Waals surface area contributed by atoms with Crippen LogP contribution in [0.15, 0.2) is 5.16 Å². The molecule has 0 aliphatic heterocycles. The van der Waals surface area contributed by atoms with E-state index in [4.69, 9.17) is 5.73 Å². The van der Waals surface area contributed by atoms with Gasteiger partial charge in [0.05, 0.1) is 0 Å². The Hall–Kier alpha value is -1.08. The van der Waals surface area contributed by atoms with Crippen LogP contribution in [0.5, 0.6) is 0 Å². The summed E-state index contributed by atoms with van der Waals surface area (Å²) in [7, 11) is 1.70. The van der Waals surface area contributed by atoms with Crippen molar-refractivity contribution in [3.8, 4) is 0 Å². The van der Waals surface area contributed by atoms with Gasteiger partial charge in [0.25, 0.3) is 0 Å². The molecule has 6 nitrogen and oxygen atoms in total. The number of aromatic nitrogens is 3. The van der Waals surface area contributed by atoms with Crippen LogP contribution < -0.4 is 11.1 Å². The Balaban J connectivity index is 2.59. The molecule has 0 aliphatic rings. The number of hydrogen-bond donors (Lipinski definition) is 3. The molecular weight excluding hydrogens is 214 g/mol. The number of thioether (sulfide) groups is 1. The molecule has 1 rings (SSSR count). The fourth-order valence-electron chi connectivity index (χ4n) is 0.862. The van der Waals surface area contributed by atoms with Crippen molar-refractivity contribution in [2.75, 3.05) is 12.8 Å². The Kier molecular flexibility index (Phi) is 3.70. The predicted molar refractivity (Wildman–Crippen MR) is 58.5 cm³/mol. The molecule has 4 N–H and O–H groups in total. The van der Waals surface area contributed by atoms with Crippen molar-refractivity contribution in [1.29, 1.82) is 0 Å². The fraction of sp³-hybridized carbons (Fsp3) is 0.625. The van der Waals surface area contributed by atoms with Crippen LogP contribution in [0.2, 0.25) is 0 Å². The normalized spacial score (nSPS) is 14.9. The molecule has 0 aliphatic carbocycles. The number of nitrogens with two attached hydrogens (primary N) is 1. The molecule has 1 unspecified atom stereocenters. The number of aromatic amines is 1. The van der Waals surface area contributed by atoms with E-state index in [1.54, 1.807) is 14.0 Å². The quantitative estimate of drug-likeness (QED) is 0.601. The first-order valence-corrected chi connectivity index (χ1v) is 5.47. The van der Waals surface area contributed by atoms with Gasteiger partial charge in [0, 0.05) is 5.75 Å². The third-order valence-corrected chi connectivity index (χ3v) is 3.32. The number of carbonyl (C=O) groups is 1. The smallest absolute Gasteiger partial charge is 0.238 e. The van der Waals surface area contributed by atoms with Crippen LogP contribution in [0.1, 0.15) is 12.7 Å². The number of aryl methyl sites for hydroxylation is 1. The van der Waals surface area contributed by atoms with Crippen molar-refractivity contribution in [3.05, 3.63) is 5.82 Å². The molecule has 0 bridgehead atoms. The third kappa shape index (κ3) is 2.93. The summed E-state index contributed by atoms with van der Waals surface area (Å²) in [6.07, 6.45) is 0. The van der Waals surface area contributed by atoms with Crippen molar-refractivity contribution in [3.63, 3.8) is 0 Å². The summed E-state index contributed by atoms with van der Waals surface area (Å²) in [5, 5.41) is 10.2. The monoisotopic (exact) mass is 229 g/mol. The minimum Gasteiger partial charge on any atom is -0.368 e. The van der Waals surface area contributed by atoms with Crippen molar-refractivity contribution >= 4 is 17.7 Å². The zero-order valence-corrected chi connectivity index (χ0v) is 9.81. The predicted octanol–water partition coefficient (Wildman–Crippen LogP) is -0.331. The van der Waals surface area contributed by atoms with E-state index in [0.29, 0.717) is 10.9 Å². The van der Waals surface area contributed by atoms with E-state index in [9.17, 15) is 4.79 Å². The molecule has 7 heteroatoms. The lowest BCUT2D eigenvalue weighted by atomic mass is 10.1. The number of nitrogens with one attached hydrogen (secondary N) is 2. The van der Waals surface area contributed by atoms with Gasteiger partial charge < -0.3 is 11.1 Å². The van der Waals surface area contributed by atoms with E-state index in [-0.39, 0.29) is 5.91 Å². The highest BCUT2D eigenvalue weighted by molar-refractivity contribution is 7.99. The Morgan fingerprint density at radius 2 is 2.40 bits per heavy atom. The average Bonchev–Trinajstić information content (AvgIpc) is 2.60. The lowest BCUT2D eigenvalue weighted by molar-refractivity contribution is -0.122. The number of rotatable bonds is 5. The molecule has 84 valence electrons. The summed E-state index contributed by atoms with van der Waals surface area (Å²) in [4.78, 5) is 15.3. The number of hydrogen-bond acceptors (Lipinski definition) is 5. The summed E-state index contributed by atoms with van der Waals surface area (Å²) in [5.74, 6) is 0.864. The molecule has 0 aromatic carbocycles. The molecule has 1 aromatic rings. The fourth-order valence-corrected chi connectivity index (χ4v) is 1.88. The lowest BCUT2D eigenvalue weighted by Crippen LogP contribution is -2.53. The van der Waals surface area contributed by atoms with Gasteiger partial charge in [-0.1, -0.05) is 11.8 Å². The van der Waals surface area contributed by atoms with E-state index in [1.165, 1.54) is 11.8 Å². The van der Waals surface area contributed by atoms with Crippen molar-refractivity contribution < 1.29 is 4.79 Å². The Morgan fingerprint density at radius 1 is 1.73 bits per heavy atom. The van der Waals surface area contributed by atoms with Crippen molar-refractivity contribution in [1.82, 2.24) is 20.5 Å². The van der Waals surface area contributed by atoms with Gasteiger partial charge in [-0.15, -0.1) is 5.10 Å². The standard InChI is InChI=1S/C8H15N5OS/c1-5-11-7(13-12-5)15-4-8(2,10-3)6(9)14/h10H,4H2,1-3H3,(H2,9,14)(H,11,12,13).